The highest BCUT2D eigenvalue weighted by atomic mass is 35.5. The van der Waals surface area contributed by atoms with Crippen LogP contribution in [0.5, 0.6) is 0 Å². The molecule has 2 aromatic rings. The largest absolute Gasteiger partial charge is 0.233 e. The van der Waals surface area contributed by atoms with Crippen LogP contribution in [-0.4, -0.2) is 4.98 Å². The van der Waals surface area contributed by atoms with Crippen LogP contribution in [-0.2, 0) is 0 Å². The Labute approximate surface area is 111 Å². The van der Waals surface area contributed by atoms with Crippen LogP contribution in [0, 0.1) is 11.6 Å². The molecule has 0 radical (unpaired) electrons. The van der Waals surface area contributed by atoms with Crippen LogP contribution in [0.1, 0.15) is 0 Å². The first-order chi connectivity index (χ1) is 7.97. The zero-order valence-corrected chi connectivity index (χ0v) is 10.4. The first kappa shape index (κ1) is 12.6. The van der Waals surface area contributed by atoms with Gasteiger partial charge in [0.25, 0.3) is 0 Å². The second-order valence-corrected chi connectivity index (χ2v) is 4.42. The maximum Gasteiger partial charge on any atom is 0.148 e. The molecule has 0 spiro atoms. The number of halogens is 5. The van der Waals surface area contributed by atoms with Gasteiger partial charge in [0, 0.05) is 11.6 Å². The van der Waals surface area contributed by atoms with Crippen molar-refractivity contribution in [1.82, 2.24) is 4.98 Å². The molecule has 0 unspecified atom stereocenters. The van der Waals surface area contributed by atoms with Gasteiger partial charge >= 0.3 is 0 Å². The van der Waals surface area contributed by atoms with Gasteiger partial charge in [0.1, 0.15) is 16.8 Å². The van der Waals surface area contributed by atoms with E-state index in [9.17, 15) is 8.78 Å². The van der Waals surface area contributed by atoms with Crippen molar-refractivity contribution in [3.63, 3.8) is 0 Å². The SMILES string of the molecule is Fc1cc(F)cc(-c2nc(Cl)c(Cl)cc2Cl)c1. The maximum atomic E-state index is 13.1. The van der Waals surface area contributed by atoms with E-state index in [1.807, 2.05) is 0 Å². The Morgan fingerprint density at radius 3 is 2.00 bits per heavy atom. The lowest BCUT2D eigenvalue weighted by Gasteiger charge is -2.06. The summed E-state index contributed by atoms with van der Waals surface area (Å²) in [4.78, 5) is 3.89. The summed E-state index contributed by atoms with van der Waals surface area (Å²) in [5.41, 5.74) is 0.380. The Morgan fingerprint density at radius 1 is 0.824 bits per heavy atom. The van der Waals surface area contributed by atoms with E-state index >= 15 is 0 Å². The Kier molecular flexibility index (Phi) is 3.52. The van der Waals surface area contributed by atoms with E-state index in [0.717, 1.165) is 18.2 Å². The molecule has 1 nitrogen and oxygen atoms in total. The Balaban J connectivity index is 2.64. The van der Waals surface area contributed by atoms with Gasteiger partial charge in [-0.05, 0) is 18.2 Å². The smallest absolute Gasteiger partial charge is 0.148 e. The average molecular weight is 295 g/mol. The molecular weight excluding hydrogens is 290 g/mol. The van der Waals surface area contributed by atoms with Crippen LogP contribution in [0.25, 0.3) is 11.3 Å². The van der Waals surface area contributed by atoms with Gasteiger partial charge in [-0.25, -0.2) is 13.8 Å². The summed E-state index contributed by atoms with van der Waals surface area (Å²) >= 11 is 17.3. The van der Waals surface area contributed by atoms with Gasteiger partial charge in [-0.15, -0.1) is 0 Å². The van der Waals surface area contributed by atoms with E-state index in [4.69, 9.17) is 34.8 Å². The molecule has 0 amide bonds. The zero-order valence-electron chi connectivity index (χ0n) is 8.15. The van der Waals surface area contributed by atoms with Crippen LogP contribution < -0.4 is 0 Å². The fraction of sp³-hybridized carbons (Fsp3) is 0. The summed E-state index contributed by atoms with van der Waals surface area (Å²) in [6.45, 7) is 0. The van der Waals surface area contributed by atoms with Crippen molar-refractivity contribution in [3.05, 3.63) is 51.1 Å². The van der Waals surface area contributed by atoms with E-state index in [0.29, 0.717) is 0 Å². The van der Waals surface area contributed by atoms with E-state index in [2.05, 4.69) is 4.98 Å². The lowest BCUT2D eigenvalue weighted by Crippen LogP contribution is -1.90. The normalized spacial score (nSPS) is 10.6. The summed E-state index contributed by atoms with van der Waals surface area (Å²) < 4.78 is 26.1. The topological polar surface area (TPSA) is 12.9 Å². The summed E-state index contributed by atoms with van der Waals surface area (Å²) in [5, 5.41) is 0.373. The van der Waals surface area contributed by atoms with Gasteiger partial charge in [0.05, 0.1) is 15.7 Å². The predicted octanol–water partition coefficient (Wildman–Crippen LogP) is 4.99. The van der Waals surface area contributed by atoms with Gasteiger partial charge in [0.2, 0.25) is 0 Å². The Hall–Kier alpha value is -0.900. The van der Waals surface area contributed by atoms with Crippen LogP contribution >= 0.6 is 34.8 Å². The second-order valence-electron chi connectivity index (χ2n) is 3.25. The molecule has 0 N–H and O–H groups in total. The third-order valence-corrected chi connectivity index (χ3v) is 2.98. The maximum absolute atomic E-state index is 13.1. The lowest BCUT2D eigenvalue weighted by molar-refractivity contribution is 0.584. The summed E-state index contributed by atoms with van der Waals surface area (Å²) in [5.74, 6) is -1.44. The molecule has 88 valence electrons. The molecule has 17 heavy (non-hydrogen) atoms. The molecule has 2 rings (SSSR count). The van der Waals surface area contributed by atoms with Gasteiger partial charge < -0.3 is 0 Å². The quantitative estimate of drug-likeness (QED) is 0.675. The van der Waals surface area contributed by atoms with Gasteiger partial charge in [-0.3, -0.25) is 0 Å². The van der Waals surface area contributed by atoms with Crippen LogP contribution in [0.3, 0.4) is 0 Å². The highest BCUT2D eigenvalue weighted by Crippen LogP contribution is 2.32. The minimum Gasteiger partial charge on any atom is -0.233 e. The third kappa shape index (κ3) is 2.68. The van der Waals surface area contributed by atoms with Crippen molar-refractivity contribution in [2.75, 3.05) is 0 Å². The number of hydrogen-bond donors (Lipinski definition) is 0. The van der Waals surface area contributed by atoms with Crippen molar-refractivity contribution in [3.8, 4) is 11.3 Å². The van der Waals surface area contributed by atoms with E-state index in [1.165, 1.54) is 6.07 Å². The van der Waals surface area contributed by atoms with E-state index in [-0.39, 0.29) is 26.5 Å². The summed E-state index contributed by atoms with van der Waals surface area (Å²) in [6.07, 6.45) is 0. The number of pyridine rings is 1. The van der Waals surface area contributed by atoms with Crippen molar-refractivity contribution in [1.29, 1.82) is 0 Å². The minimum absolute atomic E-state index is 0.0238. The number of nitrogens with zero attached hydrogens (tertiary/aromatic N) is 1. The Bertz CT molecular complexity index is 567. The number of benzene rings is 1. The van der Waals surface area contributed by atoms with Crippen LogP contribution in [0.4, 0.5) is 8.78 Å². The molecule has 1 aromatic carbocycles. The number of rotatable bonds is 1. The van der Waals surface area contributed by atoms with Crippen molar-refractivity contribution in [2.24, 2.45) is 0 Å². The minimum atomic E-state index is -0.719. The molecule has 0 aliphatic carbocycles. The van der Waals surface area contributed by atoms with Crippen molar-refractivity contribution in [2.45, 2.75) is 0 Å². The monoisotopic (exact) mass is 293 g/mol. The molecule has 6 heteroatoms. The lowest BCUT2D eigenvalue weighted by atomic mass is 10.1. The van der Waals surface area contributed by atoms with Gasteiger partial charge in [0.15, 0.2) is 0 Å². The van der Waals surface area contributed by atoms with E-state index < -0.39 is 11.6 Å². The van der Waals surface area contributed by atoms with Crippen LogP contribution in [0.15, 0.2) is 24.3 Å². The highest BCUT2D eigenvalue weighted by Gasteiger charge is 2.11. The zero-order chi connectivity index (χ0) is 12.6. The molecule has 1 heterocycles. The molecule has 0 bridgehead atoms. The third-order valence-electron chi connectivity index (χ3n) is 2.02. The molecule has 0 saturated heterocycles. The van der Waals surface area contributed by atoms with Crippen molar-refractivity contribution >= 4 is 34.8 Å². The first-order valence-corrected chi connectivity index (χ1v) is 5.59. The number of aromatic nitrogens is 1. The molecule has 0 aliphatic rings. The Morgan fingerprint density at radius 2 is 1.41 bits per heavy atom. The second kappa shape index (κ2) is 4.77. The van der Waals surface area contributed by atoms with E-state index in [1.54, 1.807) is 0 Å². The van der Waals surface area contributed by atoms with Crippen LogP contribution in [0.2, 0.25) is 15.2 Å². The average Bonchev–Trinajstić information content (AvgIpc) is 2.22. The molecule has 1 aromatic heterocycles. The fourth-order valence-corrected chi connectivity index (χ4v) is 1.94. The van der Waals surface area contributed by atoms with Gasteiger partial charge in [-0.1, -0.05) is 34.8 Å². The summed E-state index contributed by atoms with van der Waals surface area (Å²) in [7, 11) is 0. The fourth-order valence-electron chi connectivity index (χ4n) is 1.34. The number of hydrogen-bond acceptors (Lipinski definition) is 1. The molecule has 0 saturated carbocycles. The molecule has 0 atom stereocenters. The van der Waals surface area contributed by atoms with Crippen molar-refractivity contribution < 1.29 is 8.78 Å². The predicted molar refractivity (Wildman–Crippen MR) is 64.6 cm³/mol. The molecule has 0 fully saturated rings. The standard InChI is InChI=1S/C11H4Cl3F2N/c12-8-4-9(13)11(14)17-10(8)5-1-6(15)3-7(16)2-5/h1-4H. The highest BCUT2D eigenvalue weighted by molar-refractivity contribution is 6.42. The first-order valence-electron chi connectivity index (χ1n) is 4.45. The molecular formula is C11H4Cl3F2N. The summed E-state index contributed by atoms with van der Waals surface area (Å²) in [6, 6.07) is 4.36. The van der Waals surface area contributed by atoms with Gasteiger partial charge in [-0.2, -0.15) is 0 Å². The molecule has 0 aliphatic heterocycles.